The van der Waals surface area contributed by atoms with Gasteiger partial charge in [0.25, 0.3) is 5.91 Å². The van der Waals surface area contributed by atoms with Crippen LogP contribution in [0.5, 0.6) is 5.75 Å². The zero-order valence-electron chi connectivity index (χ0n) is 17.1. The first-order valence-corrected chi connectivity index (χ1v) is 10.2. The fraction of sp³-hybridized carbons (Fsp3) is 0.409. The molecule has 1 saturated heterocycles. The van der Waals surface area contributed by atoms with E-state index >= 15 is 0 Å². The van der Waals surface area contributed by atoms with Crippen molar-refractivity contribution in [2.75, 3.05) is 13.2 Å². The number of nitrogens with one attached hydrogen (secondary N) is 2. The van der Waals surface area contributed by atoms with E-state index in [1.54, 1.807) is 47.6 Å². The fourth-order valence-corrected chi connectivity index (χ4v) is 3.23. The van der Waals surface area contributed by atoms with Crippen molar-refractivity contribution in [1.82, 2.24) is 15.8 Å². The Labute approximate surface area is 175 Å². The average Bonchev–Trinajstić information content (AvgIpc) is 3.40. The minimum absolute atomic E-state index is 0.104. The molecule has 0 aliphatic carbocycles. The number of carbonyl (C=O) groups is 3. The Balaban J connectivity index is 1.43. The van der Waals surface area contributed by atoms with Crippen LogP contribution in [0.3, 0.4) is 0 Å². The van der Waals surface area contributed by atoms with Crippen molar-refractivity contribution in [2.45, 2.75) is 39.2 Å². The molecule has 1 aliphatic heterocycles. The highest BCUT2D eigenvalue weighted by atomic mass is 16.5. The van der Waals surface area contributed by atoms with Gasteiger partial charge in [0.05, 0.1) is 25.3 Å². The summed E-state index contributed by atoms with van der Waals surface area (Å²) >= 11 is 0. The van der Waals surface area contributed by atoms with E-state index in [1.807, 2.05) is 0 Å². The Hall–Kier alpha value is -3.29. The van der Waals surface area contributed by atoms with Gasteiger partial charge >= 0.3 is 0 Å². The lowest BCUT2D eigenvalue weighted by Crippen LogP contribution is -2.45. The second-order valence-corrected chi connectivity index (χ2v) is 7.28. The Morgan fingerprint density at radius 3 is 2.67 bits per heavy atom. The number of nitrogens with zero attached hydrogens (tertiary/aromatic N) is 1. The highest BCUT2D eigenvalue weighted by Crippen LogP contribution is 2.20. The Morgan fingerprint density at radius 2 is 1.97 bits per heavy atom. The largest absolute Gasteiger partial charge is 0.494 e. The van der Waals surface area contributed by atoms with Gasteiger partial charge in [-0.2, -0.15) is 0 Å². The van der Waals surface area contributed by atoms with Crippen molar-refractivity contribution >= 4 is 17.7 Å². The molecule has 2 aromatic rings. The number of furan rings is 1. The van der Waals surface area contributed by atoms with Gasteiger partial charge in [-0.25, -0.2) is 0 Å². The first kappa shape index (κ1) is 21.4. The molecule has 8 nitrogen and oxygen atoms in total. The summed E-state index contributed by atoms with van der Waals surface area (Å²) in [5, 5.41) is 0. The maximum absolute atomic E-state index is 12.4. The van der Waals surface area contributed by atoms with Gasteiger partial charge in [0.1, 0.15) is 11.5 Å². The van der Waals surface area contributed by atoms with Gasteiger partial charge in [0.15, 0.2) is 0 Å². The van der Waals surface area contributed by atoms with Crippen LogP contribution in [0, 0.1) is 5.92 Å². The zero-order valence-corrected chi connectivity index (χ0v) is 17.1. The van der Waals surface area contributed by atoms with Crippen LogP contribution in [0.1, 0.15) is 48.7 Å². The van der Waals surface area contributed by atoms with Gasteiger partial charge in [-0.3, -0.25) is 25.2 Å². The third-order valence-corrected chi connectivity index (χ3v) is 4.94. The number of hydrogen-bond donors (Lipinski definition) is 2. The van der Waals surface area contributed by atoms with E-state index in [0.717, 1.165) is 19.3 Å². The Kier molecular flexibility index (Phi) is 7.48. The third-order valence-electron chi connectivity index (χ3n) is 4.94. The molecule has 2 N–H and O–H groups in total. The molecule has 1 aliphatic rings. The molecule has 8 heteroatoms. The molecule has 1 aromatic carbocycles. The molecule has 1 fully saturated rings. The van der Waals surface area contributed by atoms with Crippen molar-refractivity contribution < 1.29 is 23.5 Å². The predicted octanol–water partition coefficient (Wildman–Crippen LogP) is 2.66. The van der Waals surface area contributed by atoms with Gasteiger partial charge in [-0.05, 0) is 42.8 Å². The summed E-state index contributed by atoms with van der Waals surface area (Å²) in [6.45, 7) is 3.39. The topological polar surface area (TPSA) is 101 Å². The number of ether oxygens (including phenoxy) is 1. The van der Waals surface area contributed by atoms with E-state index in [9.17, 15) is 14.4 Å². The maximum Gasteiger partial charge on any atom is 0.269 e. The minimum atomic E-state index is -0.522. The molecule has 1 aromatic heterocycles. The van der Waals surface area contributed by atoms with Crippen LogP contribution < -0.4 is 15.6 Å². The number of likely N-dealkylation sites (tertiary alicyclic amines) is 1. The van der Waals surface area contributed by atoms with Crippen LogP contribution >= 0.6 is 0 Å². The van der Waals surface area contributed by atoms with E-state index in [-0.39, 0.29) is 18.9 Å². The van der Waals surface area contributed by atoms with Crippen LogP contribution in [0.2, 0.25) is 0 Å². The molecule has 2 heterocycles. The van der Waals surface area contributed by atoms with Crippen LogP contribution in [-0.4, -0.2) is 35.8 Å². The van der Waals surface area contributed by atoms with Crippen LogP contribution in [0.4, 0.5) is 0 Å². The minimum Gasteiger partial charge on any atom is -0.494 e. The number of unbranched alkanes of at least 4 members (excludes halogenated alkanes) is 2. The first-order valence-electron chi connectivity index (χ1n) is 10.2. The van der Waals surface area contributed by atoms with Gasteiger partial charge in [-0.1, -0.05) is 19.8 Å². The van der Waals surface area contributed by atoms with Crippen molar-refractivity contribution in [1.29, 1.82) is 0 Å². The lowest BCUT2D eigenvalue weighted by atomic mass is 10.1. The van der Waals surface area contributed by atoms with Crippen molar-refractivity contribution in [2.24, 2.45) is 5.92 Å². The van der Waals surface area contributed by atoms with Crippen LogP contribution in [0.25, 0.3) is 0 Å². The molecule has 3 amide bonds. The number of amides is 3. The molecule has 160 valence electrons. The number of benzene rings is 1. The van der Waals surface area contributed by atoms with Gasteiger partial charge in [-0.15, -0.1) is 0 Å². The summed E-state index contributed by atoms with van der Waals surface area (Å²) in [6.07, 6.45) is 4.89. The van der Waals surface area contributed by atoms with Gasteiger partial charge < -0.3 is 14.1 Å². The Bertz CT molecular complexity index is 848. The van der Waals surface area contributed by atoms with Crippen molar-refractivity contribution in [3.05, 3.63) is 54.0 Å². The summed E-state index contributed by atoms with van der Waals surface area (Å²) in [5.41, 5.74) is 5.22. The monoisotopic (exact) mass is 413 g/mol. The van der Waals surface area contributed by atoms with Crippen molar-refractivity contribution in [3.8, 4) is 5.75 Å². The van der Waals surface area contributed by atoms with E-state index < -0.39 is 17.7 Å². The van der Waals surface area contributed by atoms with E-state index in [1.165, 1.54) is 0 Å². The maximum atomic E-state index is 12.4. The second-order valence-electron chi connectivity index (χ2n) is 7.28. The second kappa shape index (κ2) is 10.5. The van der Waals surface area contributed by atoms with Crippen LogP contribution in [0.15, 0.2) is 47.1 Å². The lowest BCUT2D eigenvalue weighted by molar-refractivity contribution is -0.129. The normalized spacial score (nSPS) is 15.8. The lowest BCUT2D eigenvalue weighted by Gasteiger charge is -2.15. The molecule has 0 spiro atoms. The molecule has 3 rings (SSSR count). The highest BCUT2D eigenvalue weighted by molar-refractivity contribution is 5.96. The number of carbonyl (C=O) groups excluding carboxylic acids is 3. The molecular formula is C22H27N3O5. The number of hydrazine groups is 1. The smallest absolute Gasteiger partial charge is 0.269 e. The molecular weight excluding hydrogens is 386 g/mol. The number of rotatable bonds is 9. The first-order chi connectivity index (χ1) is 14.6. The molecule has 0 saturated carbocycles. The molecule has 1 atom stereocenters. The summed E-state index contributed by atoms with van der Waals surface area (Å²) < 4.78 is 10.9. The standard InChI is InChI=1S/C22H27N3O5/c1-2-3-4-11-29-18-9-7-16(8-10-18)21(27)23-24-22(28)17-13-20(26)25(14-17)15-19-6-5-12-30-19/h5-10,12,17H,2-4,11,13-15H2,1H3,(H,23,27)(H,24,28). The van der Waals surface area contributed by atoms with Gasteiger partial charge in [0, 0.05) is 18.5 Å². The summed E-state index contributed by atoms with van der Waals surface area (Å²) in [7, 11) is 0. The quantitative estimate of drug-likeness (QED) is 0.486. The number of hydrogen-bond acceptors (Lipinski definition) is 5. The molecule has 0 radical (unpaired) electrons. The average molecular weight is 413 g/mol. The molecule has 1 unspecified atom stereocenters. The van der Waals surface area contributed by atoms with E-state index in [4.69, 9.17) is 9.15 Å². The van der Waals surface area contributed by atoms with E-state index in [2.05, 4.69) is 17.8 Å². The summed E-state index contributed by atoms with van der Waals surface area (Å²) in [4.78, 5) is 38.3. The van der Waals surface area contributed by atoms with Gasteiger partial charge in [0.2, 0.25) is 11.8 Å². The Morgan fingerprint density at radius 1 is 1.17 bits per heavy atom. The molecule has 0 bridgehead atoms. The van der Waals surface area contributed by atoms with Crippen LogP contribution in [-0.2, 0) is 16.1 Å². The zero-order chi connectivity index (χ0) is 21.3. The van der Waals surface area contributed by atoms with E-state index in [0.29, 0.717) is 30.2 Å². The fourth-order valence-electron chi connectivity index (χ4n) is 3.23. The summed E-state index contributed by atoms with van der Waals surface area (Å²) in [6, 6.07) is 10.3. The summed E-state index contributed by atoms with van der Waals surface area (Å²) in [5.74, 6) is -0.102. The SMILES string of the molecule is CCCCCOc1ccc(C(=O)NNC(=O)C2CC(=O)N(Cc3ccco3)C2)cc1. The predicted molar refractivity (Wildman–Crippen MR) is 109 cm³/mol. The highest BCUT2D eigenvalue weighted by Gasteiger charge is 2.34. The van der Waals surface area contributed by atoms with Crippen molar-refractivity contribution in [3.63, 3.8) is 0 Å². The third kappa shape index (κ3) is 5.85. The molecule has 30 heavy (non-hydrogen) atoms.